The standard InChI is InChI=1S/C24H21ClN2O6S/c25-18-4-2-1-3-17(18)14-27-9-12-34-24(27)26-22(29)15-33-23(30)8-6-19(28)16-5-7-20-21(13-16)32-11-10-31-20/h1-5,7,9,12-13H,6,8,10-11,14-15H2. The maximum Gasteiger partial charge on any atom is 0.306 e. The minimum atomic E-state index is -0.649. The normalized spacial score (nSPS) is 12.9. The van der Waals surface area contributed by atoms with E-state index in [-0.39, 0.29) is 18.6 Å². The van der Waals surface area contributed by atoms with Gasteiger partial charge in [-0.3, -0.25) is 14.4 Å². The summed E-state index contributed by atoms with van der Waals surface area (Å²) in [6.07, 6.45) is 1.61. The summed E-state index contributed by atoms with van der Waals surface area (Å²) in [6.45, 7) is 0.838. The van der Waals surface area contributed by atoms with Gasteiger partial charge in [0, 0.05) is 28.6 Å². The molecule has 0 bridgehead atoms. The molecule has 176 valence electrons. The van der Waals surface area contributed by atoms with Crippen LogP contribution >= 0.6 is 22.9 Å². The number of thiazole rings is 1. The van der Waals surface area contributed by atoms with Crippen LogP contribution in [0.2, 0.25) is 5.02 Å². The summed E-state index contributed by atoms with van der Waals surface area (Å²) in [5.74, 6) is -0.383. The molecule has 4 rings (SSSR count). The molecule has 34 heavy (non-hydrogen) atoms. The Labute approximate surface area is 204 Å². The van der Waals surface area contributed by atoms with Gasteiger partial charge in [-0.05, 0) is 29.8 Å². The molecule has 0 unspecified atom stereocenters. The molecule has 3 aromatic rings. The summed E-state index contributed by atoms with van der Waals surface area (Å²) < 4.78 is 17.7. The number of ketones is 1. The fourth-order valence-corrected chi connectivity index (χ4v) is 4.19. The van der Waals surface area contributed by atoms with Crippen molar-refractivity contribution in [3.8, 4) is 11.5 Å². The number of carbonyl (C=O) groups is 3. The first-order chi connectivity index (χ1) is 16.5. The molecule has 0 fully saturated rings. The lowest BCUT2D eigenvalue weighted by atomic mass is 10.1. The fraction of sp³-hybridized carbons (Fsp3) is 0.250. The molecule has 2 aromatic carbocycles. The van der Waals surface area contributed by atoms with Crippen molar-refractivity contribution < 1.29 is 28.6 Å². The van der Waals surface area contributed by atoms with Crippen molar-refractivity contribution >= 4 is 40.6 Å². The monoisotopic (exact) mass is 500 g/mol. The van der Waals surface area contributed by atoms with E-state index in [2.05, 4.69) is 4.99 Å². The third-order valence-electron chi connectivity index (χ3n) is 4.96. The van der Waals surface area contributed by atoms with Crippen LogP contribution in [0.4, 0.5) is 0 Å². The molecule has 8 nitrogen and oxygen atoms in total. The number of esters is 1. The molecular weight excluding hydrogens is 480 g/mol. The number of nitrogens with zero attached hydrogens (tertiary/aromatic N) is 2. The van der Waals surface area contributed by atoms with Crippen molar-refractivity contribution in [1.82, 2.24) is 4.57 Å². The van der Waals surface area contributed by atoms with Crippen LogP contribution in [0, 0.1) is 0 Å². The Morgan fingerprint density at radius 1 is 1.06 bits per heavy atom. The van der Waals surface area contributed by atoms with Crippen LogP contribution < -0.4 is 14.3 Å². The van der Waals surface area contributed by atoms with E-state index in [0.717, 1.165) is 5.56 Å². The number of hydrogen-bond acceptors (Lipinski definition) is 7. The van der Waals surface area contributed by atoms with Crippen molar-refractivity contribution in [2.45, 2.75) is 19.4 Å². The molecular formula is C24H21ClN2O6S. The molecule has 0 saturated carbocycles. The van der Waals surface area contributed by atoms with E-state index in [1.165, 1.54) is 11.3 Å². The minimum Gasteiger partial charge on any atom is -0.486 e. The van der Waals surface area contributed by atoms with Crippen LogP contribution in [0.25, 0.3) is 0 Å². The summed E-state index contributed by atoms with van der Waals surface area (Å²) in [5.41, 5.74) is 1.31. The number of halogens is 1. The van der Waals surface area contributed by atoms with Gasteiger partial charge >= 0.3 is 5.97 Å². The van der Waals surface area contributed by atoms with E-state index >= 15 is 0 Å². The van der Waals surface area contributed by atoms with E-state index in [1.807, 2.05) is 18.2 Å². The molecule has 1 aromatic heterocycles. The fourth-order valence-electron chi connectivity index (χ4n) is 3.25. The topological polar surface area (TPSA) is 96.2 Å². The number of ether oxygens (including phenoxy) is 3. The number of aromatic nitrogens is 1. The molecule has 0 aliphatic carbocycles. The lowest BCUT2D eigenvalue weighted by Gasteiger charge is -2.18. The molecule has 0 radical (unpaired) electrons. The molecule has 1 aliphatic rings. The van der Waals surface area contributed by atoms with Crippen LogP contribution in [0.3, 0.4) is 0 Å². The average Bonchev–Trinajstić information content (AvgIpc) is 3.28. The smallest absolute Gasteiger partial charge is 0.306 e. The quantitative estimate of drug-likeness (QED) is 0.346. The molecule has 1 amide bonds. The van der Waals surface area contributed by atoms with Crippen molar-refractivity contribution in [3.05, 3.63) is 75.0 Å². The van der Waals surface area contributed by atoms with Gasteiger partial charge in [0.05, 0.1) is 13.0 Å². The third-order valence-corrected chi connectivity index (χ3v) is 6.12. The second kappa shape index (κ2) is 11.1. The predicted molar refractivity (Wildman–Crippen MR) is 125 cm³/mol. The molecule has 0 N–H and O–H groups in total. The summed E-state index contributed by atoms with van der Waals surface area (Å²) in [5, 5.41) is 2.43. The zero-order valence-corrected chi connectivity index (χ0v) is 19.6. The van der Waals surface area contributed by atoms with E-state index < -0.39 is 18.5 Å². The number of amides is 1. The predicted octanol–water partition coefficient (Wildman–Crippen LogP) is 3.66. The number of carbonyl (C=O) groups excluding carboxylic acids is 3. The van der Waals surface area contributed by atoms with Gasteiger partial charge in [0.25, 0.3) is 5.91 Å². The summed E-state index contributed by atoms with van der Waals surface area (Å²) in [4.78, 5) is 41.1. The Kier molecular flexibility index (Phi) is 7.76. The lowest BCUT2D eigenvalue weighted by Crippen LogP contribution is -2.20. The zero-order valence-electron chi connectivity index (χ0n) is 18.1. The molecule has 1 aliphatic heterocycles. The number of benzene rings is 2. The highest BCUT2D eigenvalue weighted by atomic mass is 35.5. The van der Waals surface area contributed by atoms with E-state index in [9.17, 15) is 14.4 Å². The van der Waals surface area contributed by atoms with E-state index in [0.29, 0.717) is 46.6 Å². The number of hydrogen-bond donors (Lipinski definition) is 0. The summed E-state index contributed by atoms with van der Waals surface area (Å²) in [7, 11) is 0. The number of Topliss-reactive ketones (excluding diaryl/α,β-unsaturated/α-hetero) is 1. The van der Waals surface area contributed by atoms with Gasteiger partial charge in [-0.15, -0.1) is 11.3 Å². The van der Waals surface area contributed by atoms with Gasteiger partial charge in [0.15, 0.2) is 28.7 Å². The van der Waals surface area contributed by atoms with Crippen LogP contribution in [0.1, 0.15) is 28.8 Å². The summed E-state index contributed by atoms with van der Waals surface area (Å²) >= 11 is 7.49. The van der Waals surface area contributed by atoms with Gasteiger partial charge in [0.2, 0.25) is 0 Å². The highest BCUT2D eigenvalue weighted by molar-refractivity contribution is 7.07. The summed E-state index contributed by atoms with van der Waals surface area (Å²) in [6, 6.07) is 12.3. The second-order valence-electron chi connectivity index (χ2n) is 7.35. The Hall–Kier alpha value is -3.43. The third kappa shape index (κ3) is 6.12. The van der Waals surface area contributed by atoms with Crippen molar-refractivity contribution in [3.63, 3.8) is 0 Å². The lowest BCUT2D eigenvalue weighted by molar-refractivity contribution is -0.147. The number of fused-ring (bicyclic) bond motifs is 1. The molecule has 2 heterocycles. The van der Waals surface area contributed by atoms with Gasteiger partial charge in [-0.25, -0.2) is 0 Å². The maximum atomic E-state index is 12.4. The van der Waals surface area contributed by atoms with E-state index in [4.69, 9.17) is 25.8 Å². The van der Waals surface area contributed by atoms with Crippen LogP contribution in [-0.4, -0.2) is 42.0 Å². The zero-order chi connectivity index (χ0) is 23.9. The van der Waals surface area contributed by atoms with E-state index in [1.54, 1.807) is 40.4 Å². The molecule has 10 heteroatoms. The Bertz CT molecular complexity index is 1280. The molecule has 0 spiro atoms. The second-order valence-corrected chi connectivity index (χ2v) is 8.63. The largest absolute Gasteiger partial charge is 0.486 e. The Balaban J connectivity index is 1.27. The van der Waals surface area contributed by atoms with Crippen molar-refractivity contribution in [2.24, 2.45) is 4.99 Å². The number of rotatable bonds is 8. The van der Waals surface area contributed by atoms with Crippen molar-refractivity contribution in [1.29, 1.82) is 0 Å². The average molecular weight is 501 g/mol. The Morgan fingerprint density at radius 2 is 1.85 bits per heavy atom. The first-order valence-electron chi connectivity index (χ1n) is 10.5. The van der Waals surface area contributed by atoms with Crippen LogP contribution in [0.5, 0.6) is 11.5 Å². The SMILES string of the molecule is O=C(COC(=O)CCC(=O)c1ccc2c(c1)OCCO2)N=c1sccn1Cc1ccccc1Cl. The first-order valence-corrected chi connectivity index (χ1v) is 11.8. The molecule has 0 saturated heterocycles. The van der Waals surface area contributed by atoms with Crippen LogP contribution in [-0.2, 0) is 20.9 Å². The molecule has 0 atom stereocenters. The minimum absolute atomic E-state index is 0.0490. The van der Waals surface area contributed by atoms with Gasteiger partial charge in [-0.2, -0.15) is 4.99 Å². The van der Waals surface area contributed by atoms with Gasteiger partial charge in [0.1, 0.15) is 13.2 Å². The van der Waals surface area contributed by atoms with Crippen molar-refractivity contribution in [2.75, 3.05) is 19.8 Å². The maximum absolute atomic E-state index is 12.4. The Morgan fingerprint density at radius 3 is 2.68 bits per heavy atom. The van der Waals surface area contributed by atoms with Crippen LogP contribution in [0.15, 0.2) is 59.0 Å². The highest BCUT2D eigenvalue weighted by Gasteiger charge is 2.16. The van der Waals surface area contributed by atoms with Gasteiger partial charge in [-0.1, -0.05) is 29.8 Å². The highest BCUT2D eigenvalue weighted by Crippen LogP contribution is 2.31. The first kappa shape index (κ1) is 23.7. The van der Waals surface area contributed by atoms with Gasteiger partial charge < -0.3 is 18.8 Å².